The number of nitrogens with one attached hydrogen (secondary N) is 1. The summed E-state index contributed by atoms with van der Waals surface area (Å²) in [4.78, 5) is 12.5. The highest BCUT2D eigenvalue weighted by Gasteiger charge is 2.28. The molecule has 0 unspecified atom stereocenters. The number of anilines is 2. The van der Waals surface area contributed by atoms with E-state index >= 15 is 0 Å². The van der Waals surface area contributed by atoms with Crippen LogP contribution in [0.15, 0.2) is 54.1 Å². The van der Waals surface area contributed by atoms with E-state index in [0.717, 1.165) is 11.3 Å². The summed E-state index contributed by atoms with van der Waals surface area (Å²) >= 11 is 0. The largest absolute Gasteiger partial charge is 0.488 e. The molecule has 4 rings (SSSR count). The zero-order valence-electron chi connectivity index (χ0n) is 14.0. The minimum atomic E-state index is -3.20. The molecular weight excluding hydrogens is 352 g/mol. The molecule has 6 nitrogen and oxygen atoms in total. The molecule has 0 radical (unpaired) electrons. The second-order valence-electron chi connectivity index (χ2n) is 6.24. The van der Waals surface area contributed by atoms with Crippen molar-refractivity contribution in [3.8, 4) is 5.75 Å². The molecule has 0 spiro atoms. The Morgan fingerprint density at radius 1 is 1.08 bits per heavy atom. The highest BCUT2D eigenvalue weighted by atomic mass is 32.2. The van der Waals surface area contributed by atoms with Crippen LogP contribution in [0.1, 0.15) is 12.0 Å². The zero-order valence-corrected chi connectivity index (χ0v) is 14.8. The summed E-state index contributed by atoms with van der Waals surface area (Å²) in [5.74, 6) is 0.711. The van der Waals surface area contributed by atoms with Gasteiger partial charge in [0.15, 0.2) is 0 Å². The number of amides is 1. The van der Waals surface area contributed by atoms with Crippen LogP contribution in [0.2, 0.25) is 0 Å². The lowest BCUT2D eigenvalue weighted by Gasteiger charge is -2.18. The van der Waals surface area contributed by atoms with Crippen LogP contribution in [0.5, 0.6) is 5.75 Å². The van der Waals surface area contributed by atoms with Gasteiger partial charge in [-0.25, -0.2) is 8.42 Å². The molecule has 1 N–H and O–H groups in total. The number of nitrogens with zero attached hydrogens (tertiary/aromatic N) is 1. The number of ether oxygens (including phenoxy) is 1. The number of benzene rings is 2. The van der Waals surface area contributed by atoms with Crippen LogP contribution in [0, 0.1) is 0 Å². The zero-order chi connectivity index (χ0) is 18.1. The Hall–Kier alpha value is -2.80. The molecule has 2 heterocycles. The van der Waals surface area contributed by atoms with Crippen LogP contribution in [-0.2, 0) is 14.8 Å². The Kier molecular flexibility index (Phi) is 4.16. The van der Waals surface area contributed by atoms with E-state index in [4.69, 9.17) is 4.74 Å². The van der Waals surface area contributed by atoms with E-state index in [1.54, 1.807) is 24.3 Å². The van der Waals surface area contributed by atoms with Gasteiger partial charge in [-0.2, -0.15) is 0 Å². The summed E-state index contributed by atoms with van der Waals surface area (Å²) in [7, 11) is -3.20. The van der Waals surface area contributed by atoms with Crippen LogP contribution in [0.3, 0.4) is 0 Å². The van der Waals surface area contributed by atoms with Gasteiger partial charge in [-0.05, 0) is 42.8 Å². The average molecular weight is 370 g/mol. The van der Waals surface area contributed by atoms with Gasteiger partial charge in [-0.15, -0.1) is 0 Å². The number of fused-ring (bicyclic) bond motifs is 1. The van der Waals surface area contributed by atoms with E-state index < -0.39 is 10.0 Å². The van der Waals surface area contributed by atoms with Crippen LogP contribution in [0.4, 0.5) is 11.4 Å². The van der Waals surface area contributed by atoms with Crippen LogP contribution in [-0.4, -0.2) is 33.2 Å². The third-order valence-electron chi connectivity index (χ3n) is 4.44. The summed E-state index contributed by atoms with van der Waals surface area (Å²) in [6.07, 6.45) is 2.45. The van der Waals surface area contributed by atoms with Gasteiger partial charge in [0.05, 0.1) is 17.0 Å². The van der Waals surface area contributed by atoms with Crippen molar-refractivity contribution in [3.05, 3.63) is 59.7 Å². The van der Waals surface area contributed by atoms with Crippen molar-refractivity contribution >= 4 is 33.4 Å². The highest BCUT2D eigenvalue weighted by molar-refractivity contribution is 7.93. The minimum Gasteiger partial charge on any atom is -0.488 e. The second-order valence-corrected chi connectivity index (χ2v) is 8.25. The quantitative estimate of drug-likeness (QED) is 0.901. The first-order chi connectivity index (χ1) is 12.5. The van der Waals surface area contributed by atoms with E-state index in [9.17, 15) is 13.2 Å². The molecule has 7 heteroatoms. The lowest BCUT2D eigenvalue weighted by Crippen LogP contribution is -2.25. The fourth-order valence-corrected chi connectivity index (χ4v) is 4.66. The average Bonchev–Trinajstić information content (AvgIpc) is 3.01. The molecule has 2 aliphatic heterocycles. The van der Waals surface area contributed by atoms with Crippen LogP contribution >= 0.6 is 0 Å². The van der Waals surface area contributed by atoms with Gasteiger partial charge in [0.1, 0.15) is 12.4 Å². The van der Waals surface area contributed by atoms with Gasteiger partial charge in [-0.1, -0.05) is 18.2 Å². The molecular formula is C19H18N2O4S. The van der Waals surface area contributed by atoms with Crippen molar-refractivity contribution in [2.24, 2.45) is 0 Å². The predicted octanol–water partition coefficient (Wildman–Crippen LogP) is 2.64. The Bertz CT molecular complexity index is 981. The fourth-order valence-electron chi connectivity index (χ4n) is 3.10. The maximum Gasteiger partial charge on any atom is 0.255 e. The van der Waals surface area contributed by atoms with Crippen molar-refractivity contribution < 1.29 is 17.9 Å². The molecule has 0 aliphatic carbocycles. The van der Waals surface area contributed by atoms with E-state index in [1.807, 2.05) is 30.3 Å². The highest BCUT2D eigenvalue weighted by Crippen LogP contribution is 2.27. The summed E-state index contributed by atoms with van der Waals surface area (Å²) in [6.45, 7) is 0.713. The Morgan fingerprint density at radius 3 is 2.58 bits per heavy atom. The summed E-state index contributed by atoms with van der Waals surface area (Å²) in [5, 5.41) is 2.83. The predicted molar refractivity (Wildman–Crippen MR) is 101 cm³/mol. The Morgan fingerprint density at radius 2 is 1.85 bits per heavy atom. The maximum absolute atomic E-state index is 12.5. The number of hydrogen-bond donors (Lipinski definition) is 1. The van der Waals surface area contributed by atoms with E-state index in [-0.39, 0.29) is 18.3 Å². The monoisotopic (exact) mass is 370 g/mol. The molecule has 2 aromatic carbocycles. The third kappa shape index (κ3) is 3.17. The number of carbonyl (C=O) groups is 1. The van der Waals surface area contributed by atoms with Gasteiger partial charge in [-0.3, -0.25) is 9.10 Å². The first-order valence-electron chi connectivity index (χ1n) is 8.37. The molecule has 0 atom stereocenters. The van der Waals surface area contributed by atoms with Crippen molar-refractivity contribution in [2.45, 2.75) is 6.42 Å². The molecule has 1 amide bonds. The van der Waals surface area contributed by atoms with E-state index in [0.29, 0.717) is 29.9 Å². The second kappa shape index (κ2) is 6.49. The van der Waals surface area contributed by atoms with Gasteiger partial charge >= 0.3 is 0 Å². The number of rotatable bonds is 3. The molecule has 26 heavy (non-hydrogen) atoms. The molecule has 1 fully saturated rings. The van der Waals surface area contributed by atoms with Gasteiger partial charge in [0, 0.05) is 17.8 Å². The first-order valence-corrected chi connectivity index (χ1v) is 9.98. The summed E-state index contributed by atoms with van der Waals surface area (Å²) in [5.41, 5.74) is 2.64. The number of hydrogen-bond acceptors (Lipinski definition) is 4. The molecule has 2 aliphatic rings. The van der Waals surface area contributed by atoms with E-state index in [1.165, 1.54) is 4.31 Å². The lowest BCUT2D eigenvalue weighted by atomic mass is 10.1. The topological polar surface area (TPSA) is 75.7 Å². The number of carbonyl (C=O) groups excluding carboxylic acids is 1. The van der Waals surface area contributed by atoms with Crippen molar-refractivity contribution in [1.29, 1.82) is 0 Å². The lowest BCUT2D eigenvalue weighted by molar-refractivity contribution is -0.113. The van der Waals surface area contributed by atoms with E-state index in [2.05, 4.69) is 5.32 Å². The normalized spacial score (nSPS) is 17.8. The van der Waals surface area contributed by atoms with Gasteiger partial charge in [0.2, 0.25) is 10.0 Å². The van der Waals surface area contributed by atoms with Crippen LogP contribution in [0.25, 0.3) is 6.08 Å². The fraction of sp³-hybridized carbons (Fsp3) is 0.211. The molecule has 134 valence electrons. The molecule has 0 aromatic heterocycles. The van der Waals surface area contributed by atoms with Crippen molar-refractivity contribution in [1.82, 2.24) is 0 Å². The maximum atomic E-state index is 12.5. The molecule has 2 aromatic rings. The minimum absolute atomic E-state index is 0.182. The smallest absolute Gasteiger partial charge is 0.255 e. The standard InChI is InChI=1S/C19H18N2O4S/c22-19(15-12-14-4-1-2-5-18(14)25-13-15)20-16-6-8-17(9-7-16)21-10-3-11-26(21,23)24/h1-2,4-9,12H,3,10-11,13H2,(H,20,22). The first kappa shape index (κ1) is 16.7. The van der Waals surface area contributed by atoms with Crippen molar-refractivity contribution in [2.75, 3.05) is 28.5 Å². The Balaban J connectivity index is 1.48. The van der Waals surface area contributed by atoms with Crippen LogP contribution < -0.4 is 14.4 Å². The van der Waals surface area contributed by atoms with Gasteiger partial charge in [0.25, 0.3) is 5.91 Å². The molecule has 0 saturated carbocycles. The third-order valence-corrected chi connectivity index (χ3v) is 6.31. The number of para-hydroxylation sites is 1. The molecule has 1 saturated heterocycles. The molecule has 0 bridgehead atoms. The summed E-state index contributed by atoms with van der Waals surface area (Å²) in [6, 6.07) is 14.4. The number of sulfonamides is 1. The SMILES string of the molecule is O=C(Nc1ccc(N2CCCS2(=O)=O)cc1)C1=Cc2ccccc2OC1. The Labute approximate surface area is 152 Å². The van der Waals surface area contributed by atoms with Crippen molar-refractivity contribution in [3.63, 3.8) is 0 Å². The van der Waals surface area contributed by atoms with Gasteiger partial charge < -0.3 is 10.1 Å². The summed E-state index contributed by atoms with van der Waals surface area (Å²) < 4.78 is 30.9.